The lowest BCUT2D eigenvalue weighted by Gasteiger charge is -2.12. The van der Waals surface area contributed by atoms with Crippen LogP contribution in [0.4, 0.5) is 0 Å². The first-order valence-corrected chi connectivity index (χ1v) is 6.09. The van der Waals surface area contributed by atoms with Crippen molar-refractivity contribution in [3.63, 3.8) is 0 Å². The lowest BCUT2D eigenvalue weighted by Crippen LogP contribution is -2.13. The van der Waals surface area contributed by atoms with Gasteiger partial charge in [0.05, 0.1) is 24.1 Å². The molecule has 0 aliphatic carbocycles. The molecule has 0 aliphatic heterocycles. The monoisotopic (exact) mass is 246 g/mol. The summed E-state index contributed by atoms with van der Waals surface area (Å²) in [5, 5.41) is 0. The Labute approximate surface area is 107 Å². The predicted octanol–water partition coefficient (Wildman–Crippen LogP) is 2.55. The number of rotatable bonds is 3. The van der Waals surface area contributed by atoms with Crippen molar-refractivity contribution in [2.24, 2.45) is 7.05 Å². The molecule has 0 amide bonds. The van der Waals surface area contributed by atoms with Crippen molar-refractivity contribution < 1.29 is 9.53 Å². The van der Waals surface area contributed by atoms with E-state index in [2.05, 4.69) is 4.98 Å². The van der Waals surface area contributed by atoms with Gasteiger partial charge in [-0.2, -0.15) is 0 Å². The second-order valence-corrected chi connectivity index (χ2v) is 4.45. The number of hydrogen-bond donors (Lipinski definition) is 0. The van der Waals surface area contributed by atoms with Crippen LogP contribution < -0.4 is 0 Å². The second-order valence-electron chi connectivity index (χ2n) is 4.45. The molecule has 0 saturated heterocycles. The van der Waals surface area contributed by atoms with E-state index in [0.29, 0.717) is 0 Å². The number of aryl methyl sites for hydroxylation is 2. The van der Waals surface area contributed by atoms with Gasteiger partial charge in [-0.25, -0.2) is 4.98 Å². The molecule has 4 nitrogen and oxygen atoms in total. The summed E-state index contributed by atoms with van der Waals surface area (Å²) < 4.78 is 6.87. The van der Waals surface area contributed by atoms with Gasteiger partial charge in [-0.05, 0) is 31.0 Å². The van der Waals surface area contributed by atoms with Gasteiger partial charge in [-0.1, -0.05) is 13.0 Å². The van der Waals surface area contributed by atoms with Crippen LogP contribution in [0, 0.1) is 6.92 Å². The van der Waals surface area contributed by atoms with E-state index in [1.807, 2.05) is 43.7 Å². The lowest BCUT2D eigenvalue weighted by atomic mass is 9.96. The van der Waals surface area contributed by atoms with Gasteiger partial charge in [0.2, 0.25) is 0 Å². The maximum absolute atomic E-state index is 11.7. The molecule has 1 unspecified atom stereocenters. The number of esters is 1. The van der Waals surface area contributed by atoms with Crippen LogP contribution in [0.15, 0.2) is 18.2 Å². The first-order valence-electron chi connectivity index (χ1n) is 6.09. The Hall–Kier alpha value is -1.84. The van der Waals surface area contributed by atoms with Gasteiger partial charge in [0.1, 0.15) is 5.82 Å². The van der Waals surface area contributed by atoms with Crippen LogP contribution in [0.1, 0.15) is 30.7 Å². The molecule has 2 rings (SSSR count). The van der Waals surface area contributed by atoms with E-state index in [1.165, 1.54) is 7.11 Å². The fraction of sp³-hybridized carbons (Fsp3) is 0.429. The van der Waals surface area contributed by atoms with Gasteiger partial charge >= 0.3 is 5.97 Å². The number of carbonyl (C=O) groups is 1. The van der Waals surface area contributed by atoms with Gasteiger partial charge in [0, 0.05) is 7.05 Å². The average molecular weight is 246 g/mol. The number of imidazole rings is 1. The number of nitrogens with zero attached hydrogens (tertiary/aromatic N) is 2. The number of fused-ring (bicyclic) bond motifs is 1. The van der Waals surface area contributed by atoms with Crippen molar-refractivity contribution in [2.45, 2.75) is 26.2 Å². The summed E-state index contributed by atoms with van der Waals surface area (Å²) in [7, 11) is 3.41. The highest BCUT2D eigenvalue weighted by Gasteiger charge is 2.20. The molecule has 1 aromatic carbocycles. The van der Waals surface area contributed by atoms with Crippen LogP contribution in [0.3, 0.4) is 0 Å². The number of methoxy groups -OCH3 is 1. The van der Waals surface area contributed by atoms with Gasteiger partial charge < -0.3 is 9.30 Å². The Balaban J connectivity index is 2.51. The lowest BCUT2D eigenvalue weighted by molar-refractivity contribution is -0.142. The molecule has 1 heterocycles. The van der Waals surface area contributed by atoms with Crippen LogP contribution in [0.25, 0.3) is 11.0 Å². The average Bonchev–Trinajstić information content (AvgIpc) is 2.66. The molecule has 96 valence electrons. The molecule has 0 saturated carbocycles. The van der Waals surface area contributed by atoms with Crippen LogP contribution in [0.5, 0.6) is 0 Å². The molecule has 18 heavy (non-hydrogen) atoms. The van der Waals surface area contributed by atoms with Crippen molar-refractivity contribution in [3.05, 3.63) is 29.6 Å². The number of carbonyl (C=O) groups excluding carboxylic acids is 1. The third-order valence-electron chi connectivity index (χ3n) is 3.42. The van der Waals surface area contributed by atoms with Gasteiger partial charge in [-0.15, -0.1) is 0 Å². The first kappa shape index (κ1) is 12.6. The molecule has 0 N–H and O–H groups in total. The summed E-state index contributed by atoms with van der Waals surface area (Å²) in [6.45, 7) is 3.96. The molecule has 1 atom stereocenters. The number of aromatic nitrogens is 2. The van der Waals surface area contributed by atoms with Crippen LogP contribution >= 0.6 is 0 Å². The summed E-state index contributed by atoms with van der Waals surface area (Å²) in [5.41, 5.74) is 2.99. The van der Waals surface area contributed by atoms with Crippen molar-refractivity contribution in [1.29, 1.82) is 0 Å². The largest absolute Gasteiger partial charge is 0.469 e. The SMILES string of the molecule is CCC(C(=O)OC)c1ccc2nc(C)n(C)c2c1. The molecule has 1 aromatic heterocycles. The number of ether oxygens (including phenoxy) is 1. The van der Waals surface area contributed by atoms with Crippen LogP contribution in [-0.2, 0) is 16.6 Å². The summed E-state index contributed by atoms with van der Waals surface area (Å²) in [6.07, 6.45) is 0.731. The maximum atomic E-state index is 11.7. The Morgan fingerprint density at radius 1 is 1.50 bits per heavy atom. The van der Waals surface area contributed by atoms with E-state index in [4.69, 9.17) is 4.74 Å². The van der Waals surface area contributed by atoms with Crippen molar-refractivity contribution >= 4 is 17.0 Å². The van der Waals surface area contributed by atoms with E-state index in [9.17, 15) is 4.79 Å². The highest BCUT2D eigenvalue weighted by atomic mass is 16.5. The maximum Gasteiger partial charge on any atom is 0.313 e. The molecule has 2 aromatic rings. The van der Waals surface area contributed by atoms with E-state index in [-0.39, 0.29) is 11.9 Å². The summed E-state index contributed by atoms with van der Waals surface area (Å²) >= 11 is 0. The van der Waals surface area contributed by atoms with Crippen molar-refractivity contribution in [1.82, 2.24) is 9.55 Å². The zero-order valence-corrected chi connectivity index (χ0v) is 11.2. The molecule has 0 aliphatic rings. The van der Waals surface area contributed by atoms with Gasteiger partial charge in [0.15, 0.2) is 0 Å². The number of benzene rings is 1. The molecule has 0 radical (unpaired) electrons. The minimum atomic E-state index is -0.199. The molecule has 4 heteroatoms. The predicted molar refractivity (Wildman–Crippen MR) is 70.5 cm³/mol. The Kier molecular flexibility index (Phi) is 3.36. The minimum Gasteiger partial charge on any atom is -0.469 e. The normalized spacial score (nSPS) is 12.7. The van der Waals surface area contributed by atoms with E-state index in [0.717, 1.165) is 28.8 Å². The minimum absolute atomic E-state index is 0.184. The van der Waals surface area contributed by atoms with Crippen molar-refractivity contribution in [2.75, 3.05) is 7.11 Å². The van der Waals surface area contributed by atoms with Crippen LogP contribution in [-0.4, -0.2) is 22.6 Å². The zero-order chi connectivity index (χ0) is 13.3. The Morgan fingerprint density at radius 2 is 2.22 bits per heavy atom. The third-order valence-corrected chi connectivity index (χ3v) is 3.42. The smallest absolute Gasteiger partial charge is 0.313 e. The van der Waals surface area contributed by atoms with Gasteiger partial charge in [-0.3, -0.25) is 4.79 Å². The zero-order valence-electron chi connectivity index (χ0n) is 11.2. The topological polar surface area (TPSA) is 44.1 Å². The van der Waals surface area contributed by atoms with E-state index in [1.54, 1.807) is 0 Å². The highest BCUT2D eigenvalue weighted by molar-refractivity contribution is 5.82. The molecular formula is C14H18N2O2. The standard InChI is InChI=1S/C14H18N2O2/c1-5-11(14(17)18-4)10-6-7-12-13(8-10)16(3)9(2)15-12/h6-8,11H,5H2,1-4H3. The first-order chi connectivity index (χ1) is 8.58. The Morgan fingerprint density at radius 3 is 2.83 bits per heavy atom. The second kappa shape index (κ2) is 4.80. The molecule has 0 fully saturated rings. The van der Waals surface area contributed by atoms with Gasteiger partial charge in [0.25, 0.3) is 0 Å². The summed E-state index contributed by atoms with van der Waals surface area (Å²) in [5.74, 6) is 0.582. The Bertz CT molecular complexity index is 587. The van der Waals surface area contributed by atoms with Crippen LogP contribution in [0.2, 0.25) is 0 Å². The van der Waals surface area contributed by atoms with E-state index >= 15 is 0 Å². The molecule has 0 spiro atoms. The summed E-state index contributed by atoms with van der Waals surface area (Å²) in [4.78, 5) is 16.2. The fourth-order valence-electron chi connectivity index (χ4n) is 2.22. The quantitative estimate of drug-likeness (QED) is 0.782. The fourth-order valence-corrected chi connectivity index (χ4v) is 2.22. The molecular weight excluding hydrogens is 228 g/mol. The van der Waals surface area contributed by atoms with E-state index < -0.39 is 0 Å². The summed E-state index contributed by atoms with van der Waals surface area (Å²) in [6, 6.07) is 5.95. The third kappa shape index (κ3) is 1.98. The van der Waals surface area contributed by atoms with Crippen molar-refractivity contribution in [3.8, 4) is 0 Å². The molecule has 0 bridgehead atoms. The highest BCUT2D eigenvalue weighted by Crippen LogP contribution is 2.25. The number of hydrogen-bond acceptors (Lipinski definition) is 3.